The van der Waals surface area contributed by atoms with Crippen LogP contribution in [-0.2, 0) is 0 Å². The van der Waals surface area contributed by atoms with Crippen LogP contribution in [0.4, 0.5) is 0 Å². The molecule has 49 heavy (non-hydrogen) atoms. The van der Waals surface area contributed by atoms with E-state index < -0.39 is 0 Å². The molecule has 0 amide bonds. The Kier molecular flexibility index (Phi) is 5.51. The van der Waals surface area contributed by atoms with Crippen molar-refractivity contribution in [2.75, 3.05) is 0 Å². The number of benzene rings is 7. The number of hydrogen-bond acceptors (Lipinski definition) is 4. The van der Waals surface area contributed by atoms with Gasteiger partial charge in [0.25, 0.3) is 0 Å². The molecule has 0 unspecified atom stereocenters. The lowest BCUT2D eigenvalue weighted by molar-refractivity contribution is 0.654. The molecule has 4 aromatic heterocycles. The van der Waals surface area contributed by atoms with Gasteiger partial charge in [-0.05, 0) is 64.4 Å². The fraction of sp³-hybridized carbons (Fsp3) is 0. The molecule has 0 fully saturated rings. The first-order chi connectivity index (χ1) is 24.3. The average molecular weight is 644 g/mol. The summed E-state index contributed by atoms with van der Waals surface area (Å²) in [6.45, 7) is 0. The monoisotopic (exact) mass is 643 g/mol. The number of nitrogens with zero attached hydrogens (tertiary/aromatic N) is 3. The Labute approximate surface area is 284 Å². The van der Waals surface area contributed by atoms with Crippen molar-refractivity contribution >= 4 is 86.3 Å². The number of thiophene rings is 1. The Morgan fingerprint density at radius 1 is 0.551 bits per heavy atom. The molecule has 0 saturated heterocycles. The van der Waals surface area contributed by atoms with E-state index in [0.717, 1.165) is 55.3 Å². The summed E-state index contributed by atoms with van der Waals surface area (Å²) in [7, 11) is 0. The van der Waals surface area contributed by atoms with Gasteiger partial charge in [-0.1, -0.05) is 103 Å². The molecule has 0 aliphatic heterocycles. The second-order valence-electron chi connectivity index (χ2n) is 12.6. The van der Waals surface area contributed by atoms with E-state index in [2.05, 4.69) is 138 Å². The summed E-state index contributed by atoms with van der Waals surface area (Å²) in [6, 6.07) is 51.9. The van der Waals surface area contributed by atoms with Crippen molar-refractivity contribution in [1.82, 2.24) is 14.5 Å². The van der Waals surface area contributed by atoms with Gasteiger partial charge in [-0.3, -0.25) is 0 Å². The maximum atomic E-state index is 6.23. The fourth-order valence-corrected chi connectivity index (χ4v) is 8.89. The average Bonchev–Trinajstić information content (AvgIpc) is 3.84. The third-order valence-electron chi connectivity index (χ3n) is 9.85. The van der Waals surface area contributed by atoms with Crippen LogP contribution in [0.1, 0.15) is 0 Å². The minimum absolute atomic E-state index is 0.551. The molecule has 11 aromatic rings. The van der Waals surface area contributed by atoms with E-state index >= 15 is 0 Å². The van der Waals surface area contributed by atoms with Crippen LogP contribution in [-0.4, -0.2) is 14.5 Å². The molecule has 4 nitrogen and oxygen atoms in total. The molecule has 0 saturated carbocycles. The third-order valence-corrected chi connectivity index (χ3v) is 11.1. The molecule has 5 heteroatoms. The van der Waals surface area contributed by atoms with Crippen LogP contribution in [0.5, 0.6) is 0 Å². The van der Waals surface area contributed by atoms with Crippen LogP contribution in [0.15, 0.2) is 156 Å². The molecule has 0 aliphatic carbocycles. The summed E-state index contributed by atoms with van der Waals surface area (Å²) < 4.78 is 11.3. The van der Waals surface area contributed by atoms with Gasteiger partial charge in [0, 0.05) is 42.2 Å². The van der Waals surface area contributed by atoms with Gasteiger partial charge in [0.2, 0.25) is 5.71 Å². The molecule has 0 aliphatic rings. The van der Waals surface area contributed by atoms with Crippen LogP contribution in [0.2, 0.25) is 0 Å². The largest absolute Gasteiger partial charge is 0.436 e. The minimum atomic E-state index is 0.551. The number of rotatable bonds is 3. The number of furan rings is 1. The molecule has 228 valence electrons. The van der Waals surface area contributed by atoms with Crippen molar-refractivity contribution < 1.29 is 4.42 Å². The summed E-state index contributed by atoms with van der Waals surface area (Å²) in [5.74, 6) is 0. The summed E-state index contributed by atoms with van der Waals surface area (Å²) in [5, 5.41) is 8.52. The van der Waals surface area contributed by atoms with Gasteiger partial charge >= 0.3 is 0 Å². The second kappa shape index (κ2) is 10.1. The zero-order valence-corrected chi connectivity index (χ0v) is 26.9. The molecule has 0 atom stereocenters. The lowest BCUT2D eigenvalue weighted by atomic mass is 10.0. The number of aromatic nitrogens is 3. The molecular formula is C44H25N3OS. The Balaban J connectivity index is 1.04. The smallest absolute Gasteiger partial charge is 0.246 e. The van der Waals surface area contributed by atoms with Gasteiger partial charge in [-0.15, -0.1) is 11.3 Å². The van der Waals surface area contributed by atoms with Crippen molar-refractivity contribution in [3.63, 3.8) is 0 Å². The maximum absolute atomic E-state index is 6.23. The van der Waals surface area contributed by atoms with E-state index in [4.69, 9.17) is 14.4 Å². The highest BCUT2D eigenvalue weighted by molar-refractivity contribution is 7.26. The predicted octanol–water partition coefficient (Wildman–Crippen LogP) is 12.3. The zero-order chi connectivity index (χ0) is 32.1. The normalized spacial score (nSPS) is 12.1. The second-order valence-corrected chi connectivity index (χ2v) is 13.6. The lowest BCUT2D eigenvalue weighted by Gasteiger charge is -2.11. The van der Waals surface area contributed by atoms with Gasteiger partial charge in [0.1, 0.15) is 11.1 Å². The van der Waals surface area contributed by atoms with Crippen molar-refractivity contribution in [2.45, 2.75) is 0 Å². The molecule has 0 N–H and O–H groups in total. The Hall–Kier alpha value is -6.30. The first-order valence-electron chi connectivity index (χ1n) is 16.4. The first kappa shape index (κ1) is 26.7. The van der Waals surface area contributed by atoms with E-state index in [1.54, 1.807) is 0 Å². The van der Waals surface area contributed by atoms with Crippen LogP contribution in [0.25, 0.3) is 103 Å². The van der Waals surface area contributed by atoms with E-state index in [0.29, 0.717) is 5.71 Å². The standard InChI is InChI=1S/C44H25N3OS/c1-2-14-31-26(9-1)19-22-38-41(31)42-44(48-38)46-35(25-45-42)29-12-7-10-27(23-29)28-11-8-13-30(24-28)47-36-17-5-3-16-34(36)40-37(47)21-20-33-32-15-4-6-18-39(32)49-43(33)40/h1-25H. The Morgan fingerprint density at radius 3 is 2.27 bits per heavy atom. The van der Waals surface area contributed by atoms with Crippen molar-refractivity contribution in [1.29, 1.82) is 0 Å². The minimum Gasteiger partial charge on any atom is -0.436 e. The number of para-hydroxylation sites is 1. The van der Waals surface area contributed by atoms with Crippen molar-refractivity contribution in [3.8, 4) is 28.1 Å². The topological polar surface area (TPSA) is 43.9 Å². The summed E-state index contributed by atoms with van der Waals surface area (Å²) in [4.78, 5) is 9.84. The van der Waals surface area contributed by atoms with Gasteiger partial charge in [0.05, 0.1) is 28.3 Å². The molecule has 4 heterocycles. The van der Waals surface area contributed by atoms with Gasteiger partial charge in [-0.2, -0.15) is 0 Å². The fourth-order valence-electron chi connectivity index (χ4n) is 7.63. The van der Waals surface area contributed by atoms with E-state index in [1.165, 1.54) is 42.0 Å². The highest BCUT2D eigenvalue weighted by Crippen LogP contribution is 2.43. The van der Waals surface area contributed by atoms with E-state index in [1.807, 2.05) is 29.7 Å². The lowest BCUT2D eigenvalue weighted by Crippen LogP contribution is -1.94. The first-order valence-corrected chi connectivity index (χ1v) is 17.2. The summed E-state index contributed by atoms with van der Waals surface area (Å²) in [5.41, 5.74) is 9.72. The SMILES string of the molecule is c1cc(-c2cccc(-n3c4ccccc4c4c5sc6ccccc6c5ccc43)c2)cc(-c2cnc3c(n2)oc2ccc4ccccc4c23)c1. The third kappa shape index (κ3) is 3.91. The molecule has 7 aromatic carbocycles. The molecule has 0 bridgehead atoms. The van der Waals surface area contributed by atoms with Crippen LogP contribution >= 0.6 is 11.3 Å². The highest BCUT2D eigenvalue weighted by atomic mass is 32.1. The summed E-state index contributed by atoms with van der Waals surface area (Å²) in [6.07, 6.45) is 1.86. The Morgan fingerprint density at radius 2 is 1.33 bits per heavy atom. The molecular weight excluding hydrogens is 619 g/mol. The molecule has 0 radical (unpaired) electrons. The number of hydrogen-bond donors (Lipinski definition) is 0. The molecule has 0 spiro atoms. The van der Waals surface area contributed by atoms with Crippen LogP contribution in [0, 0.1) is 0 Å². The van der Waals surface area contributed by atoms with Crippen LogP contribution < -0.4 is 0 Å². The van der Waals surface area contributed by atoms with Crippen molar-refractivity contribution in [2.24, 2.45) is 0 Å². The maximum Gasteiger partial charge on any atom is 0.246 e. The highest BCUT2D eigenvalue weighted by Gasteiger charge is 2.18. The van der Waals surface area contributed by atoms with Gasteiger partial charge < -0.3 is 8.98 Å². The quantitative estimate of drug-likeness (QED) is 0.192. The predicted molar refractivity (Wildman–Crippen MR) is 205 cm³/mol. The number of fused-ring (bicyclic) bond motifs is 12. The summed E-state index contributed by atoms with van der Waals surface area (Å²) >= 11 is 1.88. The molecule has 11 rings (SSSR count). The van der Waals surface area contributed by atoms with E-state index in [9.17, 15) is 0 Å². The Bertz CT molecular complexity index is 3130. The van der Waals surface area contributed by atoms with Crippen LogP contribution in [0.3, 0.4) is 0 Å². The van der Waals surface area contributed by atoms with Gasteiger partial charge in [-0.25, -0.2) is 9.97 Å². The van der Waals surface area contributed by atoms with Crippen molar-refractivity contribution in [3.05, 3.63) is 152 Å². The van der Waals surface area contributed by atoms with E-state index in [-0.39, 0.29) is 0 Å². The zero-order valence-electron chi connectivity index (χ0n) is 26.1. The van der Waals surface area contributed by atoms with Gasteiger partial charge in [0.15, 0.2) is 0 Å².